The quantitative estimate of drug-likeness (QED) is 0.592. The van der Waals surface area contributed by atoms with Gasteiger partial charge in [0.05, 0.1) is 17.4 Å². The topological polar surface area (TPSA) is 43.1 Å². The molecule has 1 aromatic carbocycles. The summed E-state index contributed by atoms with van der Waals surface area (Å²) in [7, 11) is 0. The van der Waals surface area contributed by atoms with Crippen molar-refractivity contribution in [2.24, 2.45) is 0 Å². The molecule has 0 saturated carbocycles. The van der Waals surface area contributed by atoms with E-state index in [-0.39, 0.29) is 12.5 Å². The van der Waals surface area contributed by atoms with Crippen LogP contribution in [0.2, 0.25) is 0 Å². The standard InChI is InChI=1S/C10H8F3NO2/c11-10(12,13)7-9(14(15)16)6-8-4-2-1-3-5-8/h1-5,7H,6H2/b9-7+. The second kappa shape index (κ2) is 4.78. The largest absolute Gasteiger partial charge is 0.415 e. The smallest absolute Gasteiger partial charge is 0.259 e. The van der Waals surface area contributed by atoms with Crippen molar-refractivity contribution in [2.45, 2.75) is 12.6 Å². The van der Waals surface area contributed by atoms with E-state index in [2.05, 4.69) is 0 Å². The Kier molecular flexibility index (Phi) is 3.65. The van der Waals surface area contributed by atoms with Crippen LogP contribution in [0.25, 0.3) is 0 Å². The number of rotatable bonds is 3. The van der Waals surface area contributed by atoms with Crippen molar-refractivity contribution in [1.29, 1.82) is 0 Å². The van der Waals surface area contributed by atoms with Gasteiger partial charge in [-0.25, -0.2) is 0 Å². The first-order valence-corrected chi connectivity index (χ1v) is 4.35. The van der Waals surface area contributed by atoms with E-state index >= 15 is 0 Å². The number of nitro groups is 1. The highest BCUT2D eigenvalue weighted by Crippen LogP contribution is 2.20. The van der Waals surface area contributed by atoms with Gasteiger partial charge in [0, 0.05) is 0 Å². The van der Waals surface area contributed by atoms with E-state index in [9.17, 15) is 23.3 Å². The van der Waals surface area contributed by atoms with Crippen molar-refractivity contribution >= 4 is 0 Å². The summed E-state index contributed by atoms with van der Waals surface area (Å²) in [6.07, 6.45) is -5.29. The van der Waals surface area contributed by atoms with Gasteiger partial charge >= 0.3 is 6.18 Å². The maximum atomic E-state index is 12.0. The van der Waals surface area contributed by atoms with Crippen LogP contribution in [0.5, 0.6) is 0 Å². The molecule has 0 aliphatic rings. The van der Waals surface area contributed by atoms with Crippen LogP contribution < -0.4 is 0 Å². The van der Waals surface area contributed by atoms with Gasteiger partial charge < -0.3 is 0 Å². The monoisotopic (exact) mass is 231 g/mol. The van der Waals surface area contributed by atoms with Gasteiger partial charge in [0.25, 0.3) is 5.70 Å². The Balaban J connectivity index is 2.90. The Bertz CT molecular complexity index is 398. The number of halogens is 3. The van der Waals surface area contributed by atoms with Crippen molar-refractivity contribution < 1.29 is 18.1 Å². The third-order valence-corrected chi connectivity index (χ3v) is 1.79. The van der Waals surface area contributed by atoms with E-state index in [1.165, 1.54) is 12.1 Å². The average molecular weight is 231 g/mol. The summed E-state index contributed by atoms with van der Waals surface area (Å²) in [5.74, 6) is 0. The number of alkyl halides is 3. The van der Waals surface area contributed by atoms with Crippen LogP contribution in [0, 0.1) is 10.1 Å². The van der Waals surface area contributed by atoms with Gasteiger partial charge in [0.1, 0.15) is 0 Å². The Hall–Kier alpha value is -1.85. The third-order valence-electron chi connectivity index (χ3n) is 1.79. The van der Waals surface area contributed by atoms with Crippen LogP contribution >= 0.6 is 0 Å². The van der Waals surface area contributed by atoms with Gasteiger partial charge in [0.15, 0.2) is 0 Å². The molecule has 0 saturated heterocycles. The number of allylic oxidation sites excluding steroid dienone is 2. The fourth-order valence-corrected chi connectivity index (χ4v) is 1.16. The van der Waals surface area contributed by atoms with Crippen molar-refractivity contribution in [1.82, 2.24) is 0 Å². The fraction of sp³-hybridized carbons (Fsp3) is 0.200. The molecule has 0 bridgehead atoms. The second-order valence-corrected chi connectivity index (χ2v) is 3.10. The minimum Gasteiger partial charge on any atom is -0.259 e. The molecule has 0 N–H and O–H groups in total. The van der Waals surface area contributed by atoms with E-state index < -0.39 is 16.8 Å². The number of hydrogen-bond donors (Lipinski definition) is 0. The predicted octanol–water partition coefficient (Wildman–Crippen LogP) is 2.95. The van der Waals surface area contributed by atoms with Crippen molar-refractivity contribution in [2.75, 3.05) is 0 Å². The van der Waals surface area contributed by atoms with Crippen LogP contribution in [0.1, 0.15) is 5.56 Å². The highest BCUT2D eigenvalue weighted by molar-refractivity contribution is 5.19. The summed E-state index contributed by atoms with van der Waals surface area (Å²) in [6.45, 7) is 0. The van der Waals surface area contributed by atoms with Gasteiger partial charge in [-0.1, -0.05) is 30.3 Å². The van der Waals surface area contributed by atoms with Crippen molar-refractivity contribution in [3.63, 3.8) is 0 Å². The van der Waals surface area contributed by atoms with Gasteiger partial charge in [-0.3, -0.25) is 10.1 Å². The van der Waals surface area contributed by atoms with Crippen LogP contribution in [0.3, 0.4) is 0 Å². The van der Waals surface area contributed by atoms with Gasteiger partial charge in [-0.15, -0.1) is 0 Å². The summed E-state index contributed by atoms with van der Waals surface area (Å²) in [5.41, 5.74) is -0.395. The molecule has 1 rings (SSSR count). The number of nitrogens with zero attached hydrogens (tertiary/aromatic N) is 1. The molecule has 6 heteroatoms. The summed E-state index contributed by atoms with van der Waals surface area (Å²) < 4.78 is 36.0. The normalized spacial score (nSPS) is 12.6. The summed E-state index contributed by atoms with van der Waals surface area (Å²) in [5, 5.41) is 10.4. The first-order chi connectivity index (χ1) is 7.38. The van der Waals surface area contributed by atoms with E-state index in [4.69, 9.17) is 0 Å². The number of hydrogen-bond acceptors (Lipinski definition) is 2. The Morgan fingerprint density at radius 2 is 1.88 bits per heavy atom. The molecular formula is C10H8F3NO2. The van der Waals surface area contributed by atoms with Crippen LogP contribution in [-0.4, -0.2) is 11.1 Å². The molecule has 0 unspecified atom stereocenters. The fourth-order valence-electron chi connectivity index (χ4n) is 1.16. The SMILES string of the molecule is O=[N+]([O-])/C(=C/C(F)(F)F)Cc1ccccc1. The molecule has 16 heavy (non-hydrogen) atoms. The lowest BCUT2D eigenvalue weighted by Gasteiger charge is -2.02. The molecule has 0 amide bonds. The molecule has 86 valence electrons. The first kappa shape index (κ1) is 12.2. The molecule has 0 fully saturated rings. The van der Waals surface area contributed by atoms with Gasteiger partial charge in [-0.05, 0) is 5.56 Å². The summed E-state index contributed by atoms with van der Waals surface area (Å²) >= 11 is 0. The maximum Gasteiger partial charge on any atom is 0.415 e. The first-order valence-electron chi connectivity index (χ1n) is 4.35. The van der Waals surface area contributed by atoms with Crippen LogP contribution in [0.15, 0.2) is 42.1 Å². The lowest BCUT2D eigenvalue weighted by molar-refractivity contribution is -0.428. The lowest BCUT2D eigenvalue weighted by Crippen LogP contribution is -2.10. The third kappa shape index (κ3) is 4.12. The predicted molar refractivity (Wildman–Crippen MR) is 51.3 cm³/mol. The molecule has 0 atom stereocenters. The molecule has 0 spiro atoms. The minimum atomic E-state index is -4.67. The lowest BCUT2D eigenvalue weighted by atomic mass is 10.1. The molecule has 0 heterocycles. The maximum absolute atomic E-state index is 12.0. The second-order valence-electron chi connectivity index (χ2n) is 3.10. The molecule has 3 nitrogen and oxygen atoms in total. The zero-order valence-corrected chi connectivity index (χ0v) is 8.07. The van der Waals surface area contributed by atoms with Gasteiger partial charge in [0.2, 0.25) is 0 Å². The molecule has 0 radical (unpaired) electrons. The van der Waals surface area contributed by atoms with E-state index in [0.29, 0.717) is 5.56 Å². The number of benzene rings is 1. The summed E-state index contributed by atoms with van der Waals surface area (Å²) in [6, 6.07) is 7.98. The molecule has 0 aliphatic heterocycles. The van der Waals surface area contributed by atoms with Gasteiger partial charge in [-0.2, -0.15) is 13.2 Å². The van der Waals surface area contributed by atoms with Crippen molar-refractivity contribution in [3.05, 3.63) is 57.8 Å². The molecular weight excluding hydrogens is 223 g/mol. The zero-order valence-electron chi connectivity index (χ0n) is 8.07. The summed E-state index contributed by atoms with van der Waals surface area (Å²) in [4.78, 5) is 9.41. The molecule has 0 aliphatic carbocycles. The molecule has 0 aromatic heterocycles. The zero-order chi connectivity index (χ0) is 12.2. The van der Waals surface area contributed by atoms with Crippen LogP contribution in [0.4, 0.5) is 13.2 Å². The Morgan fingerprint density at radius 3 is 2.31 bits per heavy atom. The highest BCUT2D eigenvalue weighted by Gasteiger charge is 2.29. The Labute approximate surface area is 89.4 Å². The molecule has 1 aromatic rings. The Morgan fingerprint density at radius 1 is 1.31 bits per heavy atom. The minimum absolute atomic E-state index is 0.278. The van der Waals surface area contributed by atoms with E-state index in [1.54, 1.807) is 18.2 Å². The average Bonchev–Trinajstić information content (AvgIpc) is 2.16. The van der Waals surface area contributed by atoms with Crippen LogP contribution in [-0.2, 0) is 6.42 Å². The highest BCUT2D eigenvalue weighted by atomic mass is 19.4. The van der Waals surface area contributed by atoms with Crippen molar-refractivity contribution in [3.8, 4) is 0 Å². The van der Waals surface area contributed by atoms with E-state index in [1.807, 2.05) is 0 Å². The van der Waals surface area contributed by atoms with E-state index in [0.717, 1.165) is 0 Å².